The topological polar surface area (TPSA) is 33.2 Å². The fraction of sp³-hybridized carbons (Fsp3) is 0.357. The zero-order valence-electron chi connectivity index (χ0n) is 18.7. The number of benzene rings is 1. The molecule has 1 unspecified atom stereocenters. The number of aldehydes is 1. The second-order valence-electron chi connectivity index (χ2n) is 7.94. The molecule has 0 amide bonds. The highest BCUT2D eigenvalue weighted by atomic mass is 16.1. The Morgan fingerprint density at radius 1 is 1.16 bits per heavy atom. The molecule has 0 radical (unpaired) electrons. The van der Waals surface area contributed by atoms with E-state index >= 15 is 0 Å². The molecule has 2 aromatic rings. The molecule has 1 atom stereocenters. The van der Waals surface area contributed by atoms with E-state index in [-0.39, 0.29) is 6.04 Å². The van der Waals surface area contributed by atoms with Crippen LogP contribution in [-0.2, 0) is 19.4 Å². The molecule has 2 rings (SSSR count). The van der Waals surface area contributed by atoms with E-state index in [0.717, 1.165) is 68.9 Å². The Morgan fingerprint density at radius 2 is 1.97 bits per heavy atom. The van der Waals surface area contributed by atoms with Crippen molar-refractivity contribution in [3.05, 3.63) is 89.8 Å². The number of likely N-dealkylation sites (N-methyl/N-ethyl adjacent to an activating group) is 1. The first kappa shape index (κ1) is 24.3. The van der Waals surface area contributed by atoms with Crippen LogP contribution in [0.5, 0.6) is 0 Å². The van der Waals surface area contributed by atoms with Gasteiger partial charge in [0, 0.05) is 24.3 Å². The second kappa shape index (κ2) is 13.4. The molecule has 3 nitrogen and oxygen atoms in total. The van der Waals surface area contributed by atoms with Crippen molar-refractivity contribution in [3.63, 3.8) is 0 Å². The van der Waals surface area contributed by atoms with Crippen LogP contribution in [0.2, 0.25) is 0 Å². The van der Waals surface area contributed by atoms with Crippen molar-refractivity contribution in [1.82, 2.24) is 9.88 Å². The first-order chi connectivity index (χ1) is 15.1. The van der Waals surface area contributed by atoms with Gasteiger partial charge >= 0.3 is 0 Å². The fourth-order valence-electron chi connectivity index (χ4n) is 3.84. The number of hydrogen-bond acceptors (Lipinski definition) is 3. The maximum absolute atomic E-state index is 11.7. The van der Waals surface area contributed by atoms with Gasteiger partial charge in [-0.3, -0.25) is 9.69 Å². The third-order valence-corrected chi connectivity index (χ3v) is 5.73. The van der Waals surface area contributed by atoms with Gasteiger partial charge in [-0.05, 0) is 68.3 Å². The summed E-state index contributed by atoms with van der Waals surface area (Å²) in [6.07, 6.45) is 19.4. The summed E-state index contributed by atoms with van der Waals surface area (Å²) in [5, 5.41) is 0. The van der Waals surface area contributed by atoms with E-state index in [2.05, 4.69) is 48.1 Å². The zero-order valence-corrected chi connectivity index (χ0v) is 18.7. The molecule has 0 N–H and O–H groups in total. The minimum atomic E-state index is 0.264. The number of hydrogen-bond donors (Lipinski definition) is 0. The Balaban J connectivity index is 1.94. The Labute approximate surface area is 187 Å². The van der Waals surface area contributed by atoms with E-state index in [9.17, 15) is 4.79 Å². The van der Waals surface area contributed by atoms with Gasteiger partial charge in [-0.2, -0.15) is 0 Å². The second-order valence-corrected chi connectivity index (χ2v) is 7.94. The van der Waals surface area contributed by atoms with Crippen LogP contribution in [0.4, 0.5) is 0 Å². The predicted molar refractivity (Wildman–Crippen MR) is 130 cm³/mol. The Morgan fingerprint density at radius 3 is 2.61 bits per heavy atom. The Kier molecular flexibility index (Phi) is 10.5. The fourth-order valence-corrected chi connectivity index (χ4v) is 3.84. The van der Waals surface area contributed by atoms with Gasteiger partial charge in [-0.1, -0.05) is 48.8 Å². The van der Waals surface area contributed by atoms with E-state index in [4.69, 9.17) is 6.42 Å². The maximum atomic E-state index is 11.7. The molecule has 162 valence electrons. The van der Waals surface area contributed by atoms with E-state index in [1.54, 1.807) is 0 Å². The lowest BCUT2D eigenvalue weighted by Crippen LogP contribution is -2.30. The minimum absolute atomic E-state index is 0.264. The van der Waals surface area contributed by atoms with Gasteiger partial charge in [-0.15, -0.1) is 19.6 Å². The van der Waals surface area contributed by atoms with Crippen LogP contribution in [0.1, 0.15) is 64.8 Å². The molecule has 0 aliphatic carbocycles. The third-order valence-electron chi connectivity index (χ3n) is 5.73. The summed E-state index contributed by atoms with van der Waals surface area (Å²) in [6.45, 7) is 8.55. The first-order valence-electron chi connectivity index (χ1n) is 11.0. The van der Waals surface area contributed by atoms with Crippen LogP contribution in [0.25, 0.3) is 0 Å². The smallest absolute Gasteiger partial charge is 0.150 e. The number of aromatic nitrogens is 1. The van der Waals surface area contributed by atoms with Crippen LogP contribution in [0.15, 0.2) is 61.8 Å². The quantitative estimate of drug-likeness (QED) is 0.170. The summed E-state index contributed by atoms with van der Waals surface area (Å²) in [5.41, 5.74) is 5.09. The maximum Gasteiger partial charge on any atom is 0.150 e. The highest BCUT2D eigenvalue weighted by Crippen LogP contribution is 2.21. The van der Waals surface area contributed by atoms with Crippen molar-refractivity contribution >= 4 is 6.29 Å². The van der Waals surface area contributed by atoms with Gasteiger partial charge < -0.3 is 0 Å². The molecule has 1 aromatic heterocycles. The summed E-state index contributed by atoms with van der Waals surface area (Å²) >= 11 is 0. The largest absolute Gasteiger partial charge is 0.298 e. The van der Waals surface area contributed by atoms with E-state index < -0.39 is 0 Å². The highest BCUT2D eigenvalue weighted by Gasteiger charge is 2.15. The van der Waals surface area contributed by atoms with Gasteiger partial charge in [0.2, 0.25) is 0 Å². The van der Waals surface area contributed by atoms with Crippen molar-refractivity contribution in [1.29, 1.82) is 0 Å². The lowest BCUT2D eigenvalue weighted by molar-refractivity contribution is 0.112. The number of pyridine rings is 1. The predicted octanol–water partition coefficient (Wildman–Crippen LogP) is 5.78. The Hall–Kier alpha value is -2.96. The van der Waals surface area contributed by atoms with Crippen molar-refractivity contribution in [2.75, 3.05) is 7.05 Å². The van der Waals surface area contributed by atoms with Gasteiger partial charge in [0.15, 0.2) is 0 Å². The normalized spacial score (nSPS) is 11.6. The molecule has 0 saturated heterocycles. The van der Waals surface area contributed by atoms with Crippen molar-refractivity contribution < 1.29 is 4.79 Å². The average Bonchev–Trinajstić information content (AvgIpc) is 2.80. The molecular formula is C28H34N2O. The van der Waals surface area contributed by atoms with Gasteiger partial charge in [0.05, 0.1) is 0 Å². The summed E-state index contributed by atoms with van der Waals surface area (Å²) in [5.74, 6) is 2.55. The summed E-state index contributed by atoms with van der Waals surface area (Å²) < 4.78 is 0. The lowest BCUT2D eigenvalue weighted by Gasteiger charge is -2.27. The average molecular weight is 415 g/mol. The summed E-state index contributed by atoms with van der Waals surface area (Å²) in [7, 11) is 2.10. The molecule has 0 saturated carbocycles. The molecule has 0 aliphatic rings. The van der Waals surface area contributed by atoms with Crippen molar-refractivity contribution in [2.24, 2.45) is 0 Å². The van der Waals surface area contributed by atoms with Crippen molar-refractivity contribution in [2.45, 2.75) is 57.5 Å². The van der Waals surface area contributed by atoms with Crippen LogP contribution in [0.3, 0.4) is 0 Å². The number of nitrogens with zero attached hydrogens (tertiary/aromatic N) is 2. The van der Waals surface area contributed by atoms with Crippen LogP contribution >= 0.6 is 0 Å². The minimum Gasteiger partial charge on any atom is -0.298 e. The van der Waals surface area contributed by atoms with Gasteiger partial charge in [0.1, 0.15) is 12.0 Å². The SMILES string of the molecule is C#Cc1ccc(CCCCCc2cccc(C=O)c2CN(C)C(C=C)CCC=C)cn1. The molecule has 1 aromatic carbocycles. The zero-order chi connectivity index (χ0) is 22.5. The van der Waals surface area contributed by atoms with Crippen LogP contribution < -0.4 is 0 Å². The number of aryl methyl sites for hydroxylation is 2. The lowest BCUT2D eigenvalue weighted by atomic mass is 9.95. The molecule has 3 heteroatoms. The number of carbonyl (C=O) groups excluding carboxylic acids is 1. The van der Waals surface area contributed by atoms with Gasteiger partial charge in [0.25, 0.3) is 0 Å². The number of terminal acetylenes is 1. The first-order valence-corrected chi connectivity index (χ1v) is 11.0. The monoisotopic (exact) mass is 414 g/mol. The van der Waals surface area contributed by atoms with Crippen molar-refractivity contribution in [3.8, 4) is 12.3 Å². The number of unbranched alkanes of at least 4 members (excludes halogenated alkanes) is 2. The molecule has 0 fully saturated rings. The third kappa shape index (κ3) is 7.66. The summed E-state index contributed by atoms with van der Waals surface area (Å²) in [4.78, 5) is 18.2. The standard InChI is InChI=1S/C28H34N2O/c1-5-8-17-27(7-3)30(4)21-28-24(15-12-16-25(28)22-31)14-11-9-10-13-23-18-19-26(6-2)29-20-23/h2,5,7,12,15-16,18-20,22,27H,1,3,8-11,13-14,17,21H2,4H3. The highest BCUT2D eigenvalue weighted by molar-refractivity contribution is 5.78. The van der Waals surface area contributed by atoms with Gasteiger partial charge in [-0.25, -0.2) is 4.98 Å². The molecular weight excluding hydrogens is 380 g/mol. The number of carbonyl (C=O) groups is 1. The van der Waals surface area contributed by atoms with Crippen LogP contribution in [-0.4, -0.2) is 29.3 Å². The molecule has 31 heavy (non-hydrogen) atoms. The molecule has 0 spiro atoms. The number of rotatable bonds is 14. The van der Waals surface area contributed by atoms with Crippen LogP contribution in [0, 0.1) is 12.3 Å². The molecule has 0 aliphatic heterocycles. The Bertz CT molecular complexity index is 892. The molecule has 0 bridgehead atoms. The van der Waals surface area contributed by atoms with E-state index in [0.29, 0.717) is 5.69 Å². The number of allylic oxidation sites excluding steroid dienone is 1. The van der Waals surface area contributed by atoms with E-state index in [1.165, 1.54) is 11.1 Å². The van der Waals surface area contributed by atoms with E-state index in [1.807, 2.05) is 36.5 Å². The summed E-state index contributed by atoms with van der Waals surface area (Å²) in [6, 6.07) is 10.3. The molecule has 1 heterocycles.